The first-order valence-corrected chi connectivity index (χ1v) is 9.46. The van der Waals surface area contributed by atoms with Crippen LogP contribution in [0.1, 0.15) is 34.1 Å². The van der Waals surface area contributed by atoms with E-state index in [0.717, 1.165) is 0 Å². The Morgan fingerprint density at radius 3 is 2.42 bits per heavy atom. The van der Waals surface area contributed by atoms with Crippen molar-refractivity contribution in [3.63, 3.8) is 0 Å². The fourth-order valence-corrected chi connectivity index (χ4v) is 3.35. The van der Waals surface area contributed by atoms with Crippen molar-refractivity contribution in [3.8, 4) is 0 Å². The minimum absolute atomic E-state index is 0.0304. The summed E-state index contributed by atoms with van der Waals surface area (Å²) >= 11 is 0. The first kappa shape index (κ1) is 16.2. The Balaban J connectivity index is 2.80. The number of carboxylic acid groups (broad SMARTS) is 1. The number of cyclic esters (lactones) is 1. The molecule has 1 rings (SSSR count). The van der Waals surface area contributed by atoms with Gasteiger partial charge >= 0.3 is 11.9 Å². The SMILES string of the molecule is C[C@H](O[Si](C)(C)C(C)(C)C)[C@H]1OC(=O)C[C@@H]1C(=O)O. The fraction of sp³-hybridized carbons (Fsp3) is 0.846. The summed E-state index contributed by atoms with van der Waals surface area (Å²) in [5.74, 6) is -2.25. The zero-order valence-corrected chi connectivity index (χ0v) is 13.5. The molecule has 0 amide bonds. The summed E-state index contributed by atoms with van der Waals surface area (Å²) in [6.45, 7) is 12.3. The third-order valence-corrected chi connectivity index (χ3v) is 8.69. The summed E-state index contributed by atoms with van der Waals surface area (Å²) in [4.78, 5) is 22.5. The van der Waals surface area contributed by atoms with Crippen LogP contribution in [-0.4, -0.2) is 37.6 Å². The first-order valence-electron chi connectivity index (χ1n) is 6.56. The molecule has 0 saturated carbocycles. The Kier molecular flexibility index (Phi) is 4.46. The van der Waals surface area contributed by atoms with Crippen LogP contribution in [0.5, 0.6) is 0 Å². The molecule has 0 aliphatic carbocycles. The lowest BCUT2D eigenvalue weighted by molar-refractivity contribution is -0.148. The van der Waals surface area contributed by atoms with E-state index in [0.29, 0.717) is 0 Å². The summed E-state index contributed by atoms with van der Waals surface area (Å²) in [6, 6.07) is 0. The highest BCUT2D eigenvalue weighted by Crippen LogP contribution is 2.39. The third-order valence-electron chi connectivity index (χ3n) is 4.12. The molecule has 1 aliphatic rings. The highest BCUT2D eigenvalue weighted by Gasteiger charge is 2.47. The van der Waals surface area contributed by atoms with Gasteiger partial charge in [0.25, 0.3) is 0 Å². The molecule has 6 heteroatoms. The predicted octanol–water partition coefficient (Wildman–Crippen LogP) is 2.41. The maximum absolute atomic E-state index is 11.3. The molecule has 1 heterocycles. The predicted molar refractivity (Wildman–Crippen MR) is 73.4 cm³/mol. The van der Waals surface area contributed by atoms with Gasteiger partial charge in [0, 0.05) is 0 Å². The Bertz CT molecular complexity index is 372. The van der Waals surface area contributed by atoms with Crippen LogP contribution in [0, 0.1) is 5.92 Å². The molecule has 19 heavy (non-hydrogen) atoms. The molecule has 110 valence electrons. The number of aliphatic carboxylic acids is 1. The van der Waals surface area contributed by atoms with E-state index in [2.05, 4.69) is 33.9 Å². The van der Waals surface area contributed by atoms with Crippen molar-refractivity contribution in [2.45, 2.75) is 64.5 Å². The molecule has 1 aliphatic heterocycles. The number of ether oxygens (including phenoxy) is 1. The molecule has 3 atom stereocenters. The lowest BCUT2D eigenvalue weighted by Gasteiger charge is -2.39. The van der Waals surface area contributed by atoms with E-state index in [1.807, 2.05) is 0 Å². The largest absolute Gasteiger partial charge is 0.481 e. The average molecular weight is 288 g/mol. The molecular weight excluding hydrogens is 264 g/mol. The highest BCUT2D eigenvalue weighted by atomic mass is 28.4. The maximum atomic E-state index is 11.3. The lowest BCUT2D eigenvalue weighted by atomic mass is 9.98. The topological polar surface area (TPSA) is 72.8 Å². The van der Waals surface area contributed by atoms with E-state index in [1.54, 1.807) is 6.92 Å². The molecule has 1 fully saturated rings. The summed E-state index contributed by atoms with van der Waals surface area (Å²) in [5.41, 5.74) is 0. The van der Waals surface area contributed by atoms with E-state index in [9.17, 15) is 9.59 Å². The van der Waals surface area contributed by atoms with Gasteiger partial charge in [0.2, 0.25) is 0 Å². The maximum Gasteiger partial charge on any atom is 0.310 e. The molecule has 5 nitrogen and oxygen atoms in total. The molecule has 0 aromatic carbocycles. The Morgan fingerprint density at radius 1 is 1.47 bits per heavy atom. The second-order valence-electron chi connectivity index (χ2n) is 6.69. The van der Waals surface area contributed by atoms with Crippen molar-refractivity contribution in [2.75, 3.05) is 0 Å². The Morgan fingerprint density at radius 2 is 2.00 bits per heavy atom. The molecule has 0 unspecified atom stereocenters. The molecule has 0 radical (unpaired) electrons. The number of esters is 1. The van der Waals surface area contributed by atoms with Gasteiger partial charge in [-0.1, -0.05) is 20.8 Å². The van der Waals surface area contributed by atoms with Crippen LogP contribution in [0.2, 0.25) is 18.1 Å². The monoisotopic (exact) mass is 288 g/mol. The number of carbonyl (C=O) groups is 2. The minimum Gasteiger partial charge on any atom is -0.481 e. The molecule has 0 aromatic heterocycles. The first-order chi connectivity index (χ1) is 8.45. The van der Waals surface area contributed by atoms with Gasteiger partial charge in [0.05, 0.1) is 12.5 Å². The van der Waals surface area contributed by atoms with Crippen molar-refractivity contribution in [1.82, 2.24) is 0 Å². The van der Waals surface area contributed by atoms with Gasteiger partial charge in [-0.05, 0) is 25.1 Å². The highest BCUT2D eigenvalue weighted by molar-refractivity contribution is 6.74. The van der Waals surface area contributed by atoms with E-state index in [1.165, 1.54) is 0 Å². The molecule has 0 aromatic rings. The Labute approximate surface area is 115 Å². The molecule has 0 bridgehead atoms. The standard InChI is InChI=1S/C13H24O5Si/c1-8(18-19(5,6)13(2,3)4)11-9(12(15)16)7-10(14)17-11/h8-9,11H,7H2,1-6H3,(H,15,16)/t8-,9-,11+/m0/s1. The normalized spacial score (nSPS) is 26.1. The molecule has 1 saturated heterocycles. The summed E-state index contributed by atoms with van der Waals surface area (Å²) in [5, 5.41) is 9.16. The minimum atomic E-state index is -2.01. The van der Waals surface area contributed by atoms with E-state index in [-0.39, 0.29) is 11.5 Å². The second kappa shape index (κ2) is 5.24. The van der Waals surface area contributed by atoms with Crippen LogP contribution in [-0.2, 0) is 18.8 Å². The van der Waals surface area contributed by atoms with E-state index >= 15 is 0 Å². The van der Waals surface area contributed by atoms with Crippen LogP contribution in [0.3, 0.4) is 0 Å². The van der Waals surface area contributed by atoms with Crippen LogP contribution in [0.15, 0.2) is 0 Å². The van der Waals surface area contributed by atoms with Crippen LogP contribution in [0.25, 0.3) is 0 Å². The lowest BCUT2D eigenvalue weighted by Crippen LogP contribution is -2.47. The quantitative estimate of drug-likeness (QED) is 0.635. The smallest absolute Gasteiger partial charge is 0.310 e. The summed E-state index contributed by atoms with van der Waals surface area (Å²) in [7, 11) is -2.01. The van der Waals surface area contributed by atoms with Crippen molar-refractivity contribution in [2.24, 2.45) is 5.92 Å². The van der Waals surface area contributed by atoms with Crippen LogP contribution in [0.4, 0.5) is 0 Å². The van der Waals surface area contributed by atoms with Crippen molar-refractivity contribution in [3.05, 3.63) is 0 Å². The molecular formula is C13H24O5Si. The zero-order chi connectivity index (χ0) is 15.0. The van der Waals surface area contributed by atoms with Gasteiger partial charge in [0.15, 0.2) is 8.32 Å². The molecule has 1 N–H and O–H groups in total. The number of carbonyl (C=O) groups excluding carboxylic acids is 1. The van der Waals surface area contributed by atoms with Gasteiger partial charge in [-0.2, -0.15) is 0 Å². The number of hydrogen-bond donors (Lipinski definition) is 1. The van der Waals surface area contributed by atoms with Gasteiger partial charge in [-0.15, -0.1) is 0 Å². The number of rotatable bonds is 4. The van der Waals surface area contributed by atoms with Gasteiger partial charge in [0.1, 0.15) is 12.0 Å². The average Bonchev–Trinajstić information content (AvgIpc) is 2.58. The summed E-state index contributed by atoms with van der Waals surface area (Å²) in [6.07, 6.45) is -1.14. The van der Waals surface area contributed by atoms with E-state index in [4.69, 9.17) is 14.3 Å². The Hall–Kier alpha value is -0.883. The fourth-order valence-electron chi connectivity index (χ4n) is 1.94. The van der Waals surface area contributed by atoms with Gasteiger partial charge in [-0.25, -0.2) is 0 Å². The second-order valence-corrected chi connectivity index (χ2v) is 11.4. The number of hydrogen-bond acceptors (Lipinski definition) is 4. The zero-order valence-electron chi connectivity index (χ0n) is 12.5. The van der Waals surface area contributed by atoms with Crippen molar-refractivity contribution in [1.29, 1.82) is 0 Å². The van der Waals surface area contributed by atoms with Gasteiger partial charge in [-0.3, -0.25) is 9.59 Å². The van der Waals surface area contributed by atoms with Crippen LogP contribution >= 0.6 is 0 Å². The number of carboxylic acids is 1. The van der Waals surface area contributed by atoms with Crippen molar-refractivity contribution >= 4 is 20.3 Å². The summed E-state index contributed by atoms with van der Waals surface area (Å²) < 4.78 is 11.2. The third kappa shape index (κ3) is 3.57. The van der Waals surface area contributed by atoms with Crippen LogP contribution < -0.4 is 0 Å². The van der Waals surface area contributed by atoms with Crippen molar-refractivity contribution < 1.29 is 23.9 Å². The molecule has 0 spiro atoms. The van der Waals surface area contributed by atoms with E-state index < -0.39 is 38.4 Å². The van der Waals surface area contributed by atoms with Gasteiger partial charge < -0.3 is 14.3 Å².